The molecule has 3 N–H and O–H groups in total. The summed E-state index contributed by atoms with van der Waals surface area (Å²) in [5.41, 5.74) is 6.52. The van der Waals surface area contributed by atoms with Crippen molar-refractivity contribution in [2.45, 2.75) is 25.9 Å². The zero-order chi connectivity index (χ0) is 14.5. The first-order valence-corrected chi connectivity index (χ1v) is 6.98. The predicted octanol–water partition coefficient (Wildman–Crippen LogP) is 0.753. The maximum absolute atomic E-state index is 12.2. The number of nitrogens with zero attached hydrogens (tertiary/aromatic N) is 1. The van der Waals surface area contributed by atoms with Gasteiger partial charge in [-0.3, -0.25) is 4.79 Å². The van der Waals surface area contributed by atoms with Crippen molar-refractivity contribution < 1.29 is 14.6 Å². The number of aliphatic hydroxyl groups excluding tert-OH is 1. The summed E-state index contributed by atoms with van der Waals surface area (Å²) in [6.45, 7) is 3.11. The summed E-state index contributed by atoms with van der Waals surface area (Å²) < 4.78 is 5.58. The van der Waals surface area contributed by atoms with Gasteiger partial charge in [-0.05, 0) is 18.4 Å². The normalized spacial score (nSPS) is 22.1. The quantitative estimate of drug-likeness (QED) is 0.833. The van der Waals surface area contributed by atoms with Crippen LogP contribution in [0.5, 0.6) is 5.75 Å². The summed E-state index contributed by atoms with van der Waals surface area (Å²) in [7, 11) is 0. The number of likely N-dealkylation sites (tertiary alicyclic amines) is 1. The largest absolute Gasteiger partial charge is 0.483 e. The van der Waals surface area contributed by atoms with E-state index in [9.17, 15) is 9.90 Å². The molecular formula is C15H22N2O3. The number of carbonyl (C=O) groups excluding carboxylic acids is 1. The van der Waals surface area contributed by atoms with E-state index in [-0.39, 0.29) is 25.2 Å². The van der Waals surface area contributed by atoms with E-state index < -0.39 is 0 Å². The third-order valence-corrected chi connectivity index (χ3v) is 3.93. The molecule has 0 spiro atoms. The van der Waals surface area contributed by atoms with Crippen molar-refractivity contribution in [3.8, 4) is 5.75 Å². The number of para-hydroxylation sites is 1. The molecule has 1 aromatic rings. The smallest absolute Gasteiger partial charge is 0.260 e. The van der Waals surface area contributed by atoms with Gasteiger partial charge in [-0.15, -0.1) is 0 Å². The van der Waals surface area contributed by atoms with Crippen LogP contribution in [0.15, 0.2) is 24.3 Å². The van der Waals surface area contributed by atoms with E-state index in [0.717, 1.165) is 12.0 Å². The standard InChI is InChI=1S/C15H22N2O3/c1-11-6-7-17(13(11)9-18)15(19)10-20-14-5-3-2-4-12(14)8-16/h2-5,11,13,18H,6-10,16H2,1H3. The van der Waals surface area contributed by atoms with Crippen molar-refractivity contribution >= 4 is 5.91 Å². The van der Waals surface area contributed by atoms with Crippen molar-refractivity contribution in [2.24, 2.45) is 11.7 Å². The van der Waals surface area contributed by atoms with Crippen molar-refractivity contribution in [2.75, 3.05) is 19.8 Å². The molecule has 2 rings (SSSR count). The summed E-state index contributed by atoms with van der Waals surface area (Å²) in [6, 6.07) is 7.35. The molecule has 20 heavy (non-hydrogen) atoms. The fourth-order valence-corrected chi connectivity index (χ4v) is 2.63. The van der Waals surface area contributed by atoms with E-state index in [1.165, 1.54) is 0 Å². The number of hydrogen-bond acceptors (Lipinski definition) is 4. The molecule has 0 saturated carbocycles. The van der Waals surface area contributed by atoms with Crippen LogP contribution in [0.2, 0.25) is 0 Å². The SMILES string of the molecule is CC1CCN(C(=O)COc2ccccc2CN)C1CO. The fraction of sp³-hybridized carbons (Fsp3) is 0.533. The average molecular weight is 278 g/mol. The average Bonchev–Trinajstić information content (AvgIpc) is 2.86. The molecule has 0 aromatic heterocycles. The monoisotopic (exact) mass is 278 g/mol. The lowest BCUT2D eigenvalue weighted by molar-refractivity contribution is -0.135. The molecule has 5 heteroatoms. The van der Waals surface area contributed by atoms with Crippen LogP contribution < -0.4 is 10.5 Å². The minimum atomic E-state index is -0.0872. The molecule has 0 aliphatic carbocycles. The molecule has 2 atom stereocenters. The van der Waals surface area contributed by atoms with Crippen molar-refractivity contribution in [3.05, 3.63) is 29.8 Å². The summed E-state index contributed by atoms with van der Waals surface area (Å²) in [5.74, 6) is 0.900. The minimum absolute atomic E-state index is 0.00624. The van der Waals surface area contributed by atoms with Crippen molar-refractivity contribution in [1.82, 2.24) is 4.90 Å². The van der Waals surface area contributed by atoms with Gasteiger partial charge in [-0.2, -0.15) is 0 Å². The number of benzene rings is 1. The van der Waals surface area contributed by atoms with E-state index in [4.69, 9.17) is 10.5 Å². The Labute approximate surface area is 119 Å². The van der Waals surface area contributed by atoms with Crippen LogP contribution in [0.25, 0.3) is 0 Å². The van der Waals surface area contributed by atoms with Crippen LogP contribution in [0.1, 0.15) is 18.9 Å². The Morgan fingerprint density at radius 1 is 1.50 bits per heavy atom. The lowest BCUT2D eigenvalue weighted by Gasteiger charge is -2.25. The Bertz CT molecular complexity index is 464. The van der Waals surface area contributed by atoms with Crippen molar-refractivity contribution in [1.29, 1.82) is 0 Å². The van der Waals surface area contributed by atoms with Crippen LogP contribution in [0, 0.1) is 5.92 Å². The second kappa shape index (κ2) is 6.72. The van der Waals surface area contributed by atoms with Gasteiger partial charge >= 0.3 is 0 Å². The van der Waals surface area contributed by atoms with E-state index in [1.807, 2.05) is 24.3 Å². The maximum Gasteiger partial charge on any atom is 0.260 e. The van der Waals surface area contributed by atoms with Crippen LogP contribution in [-0.4, -0.2) is 41.7 Å². The zero-order valence-corrected chi connectivity index (χ0v) is 11.8. The highest BCUT2D eigenvalue weighted by Crippen LogP contribution is 2.24. The minimum Gasteiger partial charge on any atom is -0.483 e. The highest BCUT2D eigenvalue weighted by atomic mass is 16.5. The van der Waals surface area contributed by atoms with Gasteiger partial charge < -0.3 is 20.5 Å². The molecule has 1 aliphatic heterocycles. The summed E-state index contributed by atoms with van der Waals surface area (Å²) in [5, 5.41) is 9.37. The number of aliphatic hydroxyl groups is 1. The Kier molecular flexibility index (Phi) is 4.98. The molecule has 1 fully saturated rings. The maximum atomic E-state index is 12.2. The van der Waals surface area contributed by atoms with E-state index in [2.05, 4.69) is 6.92 Å². The first-order chi connectivity index (χ1) is 9.67. The predicted molar refractivity (Wildman–Crippen MR) is 76.2 cm³/mol. The van der Waals surface area contributed by atoms with Gasteiger partial charge in [0, 0.05) is 18.7 Å². The molecule has 1 aromatic carbocycles. The van der Waals surface area contributed by atoms with Crippen LogP contribution >= 0.6 is 0 Å². The molecule has 110 valence electrons. The topological polar surface area (TPSA) is 75.8 Å². The van der Waals surface area contributed by atoms with Gasteiger partial charge in [0.05, 0.1) is 12.6 Å². The van der Waals surface area contributed by atoms with Crippen molar-refractivity contribution in [3.63, 3.8) is 0 Å². The summed E-state index contributed by atoms with van der Waals surface area (Å²) >= 11 is 0. The molecule has 1 saturated heterocycles. The van der Waals surface area contributed by atoms with Gasteiger partial charge in [-0.1, -0.05) is 25.1 Å². The Hall–Kier alpha value is -1.59. The van der Waals surface area contributed by atoms with E-state index in [1.54, 1.807) is 4.90 Å². The number of hydrogen-bond donors (Lipinski definition) is 2. The third kappa shape index (κ3) is 3.11. The van der Waals surface area contributed by atoms with Gasteiger partial charge in [0.1, 0.15) is 5.75 Å². The molecule has 1 heterocycles. The van der Waals surface area contributed by atoms with E-state index in [0.29, 0.717) is 24.8 Å². The fourth-order valence-electron chi connectivity index (χ4n) is 2.63. The van der Waals surface area contributed by atoms with Gasteiger partial charge in [0.15, 0.2) is 6.61 Å². The number of nitrogens with two attached hydrogens (primary N) is 1. The highest BCUT2D eigenvalue weighted by Gasteiger charge is 2.33. The van der Waals surface area contributed by atoms with Crippen LogP contribution in [-0.2, 0) is 11.3 Å². The Morgan fingerprint density at radius 2 is 2.25 bits per heavy atom. The summed E-state index contributed by atoms with van der Waals surface area (Å²) in [6.07, 6.45) is 0.927. The Morgan fingerprint density at radius 3 is 2.95 bits per heavy atom. The first kappa shape index (κ1) is 14.8. The highest BCUT2D eigenvalue weighted by molar-refractivity contribution is 5.78. The molecule has 1 aliphatic rings. The number of rotatable bonds is 5. The lowest BCUT2D eigenvalue weighted by atomic mass is 10.0. The van der Waals surface area contributed by atoms with Gasteiger partial charge in [0.25, 0.3) is 5.91 Å². The summed E-state index contributed by atoms with van der Waals surface area (Å²) in [4.78, 5) is 13.9. The molecule has 2 unspecified atom stereocenters. The van der Waals surface area contributed by atoms with E-state index >= 15 is 0 Å². The number of ether oxygens (including phenoxy) is 1. The van der Waals surface area contributed by atoms with Gasteiger partial charge in [-0.25, -0.2) is 0 Å². The van der Waals surface area contributed by atoms with Crippen LogP contribution in [0.4, 0.5) is 0 Å². The van der Waals surface area contributed by atoms with Crippen LogP contribution in [0.3, 0.4) is 0 Å². The first-order valence-electron chi connectivity index (χ1n) is 6.98. The molecular weight excluding hydrogens is 256 g/mol. The molecule has 1 amide bonds. The second-order valence-corrected chi connectivity index (χ2v) is 5.20. The number of carbonyl (C=O) groups is 1. The lowest BCUT2D eigenvalue weighted by Crippen LogP contribution is -2.42. The zero-order valence-electron chi connectivity index (χ0n) is 11.8. The molecule has 0 bridgehead atoms. The molecule has 0 radical (unpaired) electrons. The third-order valence-electron chi connectivity index (χ3n) is 3.93. The van der Waals surface area contributed by atoms with Gasteiger partial charge in [0.2, 0.25) is 0 Å². The number of amides is 1. The Balaban J connectivity index is 1.95. The molecule has 5 nitrogen and oxygen atoms in total. The second-order valence-electron chi connectivity index (χ2n) is 5.20.